The SMILES string of the molecule is CCc1ccccc1NC(=O)c1ccc(NC2=C(Cl)C(=O)N(C3CCCCC3)C2=O)cc1. The predicted octanol–water partition coefficient (Wildman–Crippen LogP) is 5.07. The lowest BCUT2D eigenvalue weighted by Gasteiger charge is -2.29. The zero-order valence-corrected chi connectivity index (χ0v) is 18.7. The zero-order chi connectivity index (χ0) is 22.7. The molecule has 4 rings (SSSR count). The molecule has 166 valence electrons. The molecule has 1 saturated carbocycles. The topological polar surface area (TPSA) is 78.5 Å². The molecule has 1 aliphatic heterocycles. The highest BCUT2D eigenvalue weighted by molar-refractivity contribution is 6.48. The van der Waals surface area contributed by atoms with E-state index in [-0.39, 0.29) is 28.6 Å². The van der Waals surface area contributed by atoms with E-state index in [1.807, 2.05) is 31.2 Å². The maximum atomic E-state index is 12.9. The van der Waals surface area contributed by atoms with E-state index in [1.165, 1.54) is 4.90 Å². The first-order chi connectivity index (χ1) is 15.5. The number of carbonyl (C=O) groups is 3. The lowest BCUT2D eigenvalue weighted by molar-refractivity contribution is -0.140. The molecule has 0 spiro atoms. The molecule has 2 N–H and O–H groups in total. The van der Waals surface area contributed by atoms with Crippen LogP contribution in [0, 0.1) is 0 Å². The highest BCUT2D eigenvalue weighted by atomic mass is 35.5. The van der Waals surface area contributed by atoms with Crippen molar-refractivity contribution in [2.75, 3.05) is 10.6 Å². The van der Waals surface area contributed by atoms with Crippen LogP contribution in [0.2, 0.25) is 0 Å². The molecule has 0 bridgehead atoms. The molecule has 32 heavy (non-hydrogen) atoms. The van der Waals surface area contributed by atoms with Crippen molar-refractivity contribution in [3.8, 4) is 0 Å². The molecule has 1 aliphatic carbocycles. The van der Waals surface area contributed by atoms with Crippen LogP contribution in [0.4, 0.5) is 11.4 Å². The van der Waals surface area contributed by atoms with Gasteiger partial charge in [-0.1, -0.05) is 56.0 Å². The summed E-state index contributed by atoms with van der Waals surface area (Å²) in [5.41, 5.74) is 3.01. The fourth-order valence-corrected chi connectivity index (χ4v) is 4.51. The van der Waals surface area contributed by atoms with Gasteiger partial charge in [-0.15, -0.1) is 0 Å². The second kappa shape index (κ2) is 9.57. The van der Waals surface area contributed by atoms with E-state index < -0.39 is 5.91 Å². The standard InChI is InChI=1S/C25H26ClN3O3/c1-2-16-8-6-7-11-20(16)28-23(30)17-12-14-18(15-13-17)27-22-21(26)24(31)29(25(22)32)19-9-4-3-5-10-19/h6-8,11-15,19,27H,2-5,9-10H2,1H3,(H,28,30). The van der Waals surface area contributed by atoms with Gasteiger partial charge in [-0.05, 0) is 55.2 Å². The fraction of sp³-hybridized carbons (Fsp3) is 0.320. The van der Waals surface area contributed by atoms with Gasteiger partial charge in [0.2, 0.25) is 0 Å². The highest BCUT2D eigenvalue weighted by Gasteiger charge is 2.42. The van der Waals surface area contributed by atoms with Crippen molar-refractivity contribution in [2.24, 2.45) is 0 Å². The summed E-state index contributed by atoms with van der Waals surface area (Å²) >= 11 is 6.23. The quantitative estimate of drug-likeness (QED) is 0.601. The van der Waals surface area contributed by atoms with Gasteiger partial charge in [0.05, 0.1) is 0 Å². The Morgan fingerprint density at radius 1 is 1.00 bits per heavy atom. The number of aryl methyl sites for hydroxylation is 1. The first-order valence-electron chi connectivity index (χ1n) is 11.0. The van der Waals surface area contributed by atoms with E-state index in [9.17, 15) is 14.4 Å². The number of hydrogen-bond donors (Lipinski definition) is 2. The normalized spacial score (nSPS) is 17.1. The smallest absolute Gasteiger partial charge is 0.279 e. The number of carbonyl (C=O) groups excluding carboxylic acids is 3. The van der Waals surface area contributed by atoms with E-state index in [2.05, 4.69) is 10.6 Å². The molecule has 1 heterocycles. The van der Waals surface area contributed by atoms with E-state index in [1.54, 1.807) is 24.3 Å². The number of benzene rings is 2. The average Bonchev–Trinajstić information content (AvgIpc) is 3.03. The molecule has 2 aromatic carbocycles. The van der Waals surface area contributed by atoms with Crippen LogP contribution in [0.15, 0.2) is 59.3 Å². The summed E-state index contributed by atoms with van der Waals surface area (Å²) in [4.78, 5) is 39.5. The summed E-state index contributed by atoms with van der Waals surface area (Å²) in [6.45, 7) is 2.04. The third kappa shape index (κ3) is 4.41. The Hall–Kier alpha value is -3.12. The van der Waals surface area contributed by atoms with Gasteiger partial charge >= 0.3 is 0 Å². The third-order valence-corrected chi connectivity index (χ3v) is 6.41. The fourth-order valence-electron chi connectivity index (χ4n) is 4.29. The number of rotatable bonds is 6. The average molecular weight is 452 g/mol. The van der Waals surface area contributed by atoms with Crippen molar-refractivity contribution >= 4 is 40.7 Å². The molecule has 2 aromatic rings. The second-order valence-electron chi connectivity index (χ2n) is 8.13. The van der Waals surface area contributed by atoms with Gasteiger partial charge in [-0.2, -0.15) is 0 Å². The van der Waals surface area contributed by atoms with Crippen molar-refractivity contribution in [2.45, 2.75) is 51.5 Å². The Morgan fingerprint density at radius 2 is 1.69 bits per heavy atom. The molecular formula is C25H26ClN3O3. The van der Waals surface area contributed by atoms with Gasteiger partial charge in [0.1, 0.15) is 10.7 Å². The summed E-state index contributed by atoms with van der Waals surface area (Å²) in [7, 11) is 0. The largest absolute Gasteiger partial charge is 0.350 e. The van der Waals surface area contributed by atoms with Crippen LogP contribution in [0.25, 0.3) is 0 Å². The lowest BCUT2D eigenvalue weighted by atomic mass is 9.94. The van der Waals surface area contributed by atoms with Gasteiger partial charge in [0.25, 0.3) is 17.7 Å². The molecule has 2 aliphatic rings. The van der Waals surface area contributed by atoms with Crippen LogP contribution in [-0.2, 0) is 16.0 Å². The summed E-state index contributed by atoms with van der Waals surface area (Å²) in [6.07, 6.45) is 5.60. The number of hydrogen-bond acceptors (Lipinski definition) is 4. The summed E-state index contributed by atoms with van der Waals surface area (Å²) in [5.74, 6) is -1.04. The predicted molar refractivity (Wildman–Crippen MR) is 125 cm³/mol. The Labute approximate surface area is 192 Å². The van der Waals surface area contributed by atoms with Crippen LogP contribution in [-0.4, -0.2) is 28.7 Å². The number of para-hydroxylation sites is 1. The van der Waals surface area contributed by atoms with E-state index in [0.717, 1.165) is 49.8 Å². The van der Waals surface area contributed by atoms with E-state index in [0.29, 0.717) is 11.3 Å². The summed E-state index contributed by atoms with van der Waals surface area (Å²) in [5, 5.41) is 5.83. The summed E-state index contributed by atoms with van der Waals surface area (Å²) < 4.78 is 0. The summed E-state index contributed by atoms with van der Waals surface area (Å²) in [6, 6.07) is 14.3. The van der Waals surface area contributed by atoms with E-state index >= 15 is 0 Å². The molecule has 0 saturated heterocycles. The lowest BCUT2D eigenvalue weighted by Crippen LogP contribution is -2.42. The molecule has 0 atom stereocenters. The molecule has 0 aromatic heterocycles. The Balaban J connectivity index is 1.44. The number of imide groups is 1. The number of anilines is 2. The van der Waals surface area contributed by atoms with Crippen LogP contribution in [0.1, 0.15) is 54.9 Å². The van der Waals surface area contributed by atoms with Crippen molar-refractivity contribution in [3.63, 3.8) is 0 Å². The van der Waals surface area contributed by atoms with Gasteiger partial charge in [-0.25, -0.2) is 0 Å². The van der Waals surface area contributed by atoms with Crippen molar-refractivity contribution in [3.05, 3.63) is 70.4 Å². The number of nitrogens with one attached hydrogen (secondary N) is 2. The molecule has 1 fully saturated rings. The van der Waals surface area contributed by atoms with Gasteiger partial charge in [0, 0.05) is 23.0 Å². The van der Waals surface area contributed by atoms with Gasteiger partial charge in [-0.3, -0.25) is 19.3 Å². The Morgan fingerprint density at radius 3 is 2.38 bits per heavy atom. The van der Waals surface area contributed by atoms with Crippen LogP contribution in [0.3, 0.4) is 0 Å². The van der Waals surface area contributed by atoms with Crippen molar-refractivity contribution < 1.29 is 14.4 Å². The number of amides is 3. The maximum absolute atomic E-state index is 12.9. The maximum Gasteiger partial charge on any atom is 0.279 e. The van der Waals surface area contributed by atoms with Crippen molar-refractivity contribution in [1.82, 2.24) is 4.90 Å². The molecular weight excluding hydrogens is 426 g/mol. The van der Waals surface area contributed by atoms with Gasteiger partial charge < -0.3 is 10.6 Å². The monoisotopic (exact) mass is 451 g/mol. The Kier molecular flexibility index (Phi) is 6.61. The molecule has 7 heteroatoms. The number of halogens is 1. The minimum atomic E-state index is -0.434. The first-order valence-corrected chi connectivity index (χ1v) is 11.4. The van der Waals surface area contributed by atoms with Crippen LogP contribution in [0.5, 0.6) is 0 Å². The Bertz CT molecular complexity index is 1070. The molecule has 6 nitrogen and oxygen atoms in total. The second-order valence-corrected chi connectivity index (χ2v) is 8.51. The molecule has 0 unspecified atom stereocenters. The molecule has 0 radical (unpaired) electrons. The number of nitrogens with zero attached hydrogens (tertiary/aromatic N) is 1. The third-order valence-electron chi connectivity index (χ3n) is 6.06. The van der Waals surface area contributed by atoms with Crippen LogP contribution < -0.4 is 10.6 Å². The minimum Gasteiger partial charge on any atom is -0.350 e. The van der Waals surface area contributed by atoms with Crippen LogP contribution >= 0.6 is 11.6 Å². The van der Waals surface area contributed by atoms with Gasteiger partial charge in [0.15, 0.2) is 0 Å². The zero-order valence-electron chi connectivity index (χ0n) is 18.0. The van der Waals surface area contributed by atoms with Crippen molar-refractivity contribution in [1.29, 1.82) is 0 Å². The minimum absolute atomic E-state index is 0.0847. The first kappa shape index (κ1) is 22.1. The highest BCUT2D eigenvalue weighted by Crippen LogP contribution is 2.32. The van der Waals surface area contributed by atoms with E-state index in [4.69, 9.17) is 11.6 Å². The molecule has 3 amide bonds.